The Kier molecular flexibility index (Phi) is 5.08. The minimum atomic E-state index is -0.321. The van der Waals surface area contributed by atoms with Crippen LogP contribution in [0.3, 0.4) is 0 Å². The van der Waals surface area contributed by atoms with Gasteiger partial charge in [0, 0.05) is 25.2 Å². The lowest BCUT2D eigenvalue weighted by Crippen LogP contribution is -2.24. The highest BCUT2D eigenvalue weighted by atomic mass is 32.1. The first kappa shape index (κ1) is 16.8. The molecular weight excluding hydrogens is 322 g/mol. The van der Waals surface area contributed by atoms with Gasteiger partial charge in [-0.05, 0) is 25.0 Å². The van der Waals surface area contributed by atoms with E-state index in [2.05, 4.69) is 52.7 Å². The zero-order valence-corrected chi connectivity index (χ0v) is 15.1. The van der Waals surface area contributed by atoms with E-state index in [4.69, 9.17) is 9.47 Å². The fourth-order valence-electron chi connectivity index (χ4n) is 2.77. The van der Waals surface area contributed by atoms with Crippen LogP contribution in [0.25, 0.3) is 21.3 Å². The molecule has 1 N–H and O–H groups in total. The summed E-state index contributed by atoms with van der Waals surface area (Å²) in [4.78, 5) is 9.80. The van der Waals surface area contributed by atoms with Crippen LogP contribution in [0, 0.1) is 13.8 Å². The number of hydrogen-bond donors (Lipinski definition) is 1. The molecule has 1 aromatic carbocycles. The molecule has 2 heterocycles. The zero-order valence-electron chi connectivity index (χ0n) is 14.3. The van der Waals surface area contributed by atoms with Gasteiger partial charge in [0.1, 0.15) is 17.0 Å². The molecule has 3 aromatic rings. The third-order valence-corrected chi connectivity index (χ3v) is 4.89. The average molecular weight is 343 g/mol. The Hall–Kier alpha value is -2.02. The van der Waals surface area contributed by atoms with Gasteiger partial charge < -0.3 is 14.8 Å². The van der Waals surface area contributed by atoms with Crippen LogP contribution in [0.2, 0.25) is 0 Å². The minimum Gasteiger partial charge on any atom is -0.364 e. The summed E-state index contributed by atoms with van der Waals surface area (Å²) < 4.78 is 10.5. The van der Waals surface area contributed by atoms with Crippen molar-refractivity contribution < 1.29 is 9.47 Å². The topological polar surface area (TPSA) is 56.3 Å². The van der Waals surface area contributed by atoms with Gasteiger partial charge in [-0.2, -0.15) is 0 Å². The van der Waals surface area contributed by atoms with Gasteiger partial charge in [-0.1, -0.05) is 23.8 Å². The SMILES string of the molecule is COC(CNc1ncnc2scc(-c3ccc(C)cc3C)c12)OC. The molecule has 0 aliphatic heterocycles. The number of fused-ring (bicyclic) bond motifs is 1. The largest absolute Gasteiger partial charge is 0.364 e. The number of hydrogen-bond acceptors (Lipinski definition) is 6. The van der Waals surface area contributed by atoms with Gasteiger partial charge in [0.2, 0.25) is 0 Å². The van der Waals surface area contributed by atoms with Crippen molar-refractivity contribution in [2.24, 2.45) is 0 Å². The zero-order chi connectivity index (χ0) is 17.1. The van der Waals surface area contributed by atoms with Crippen molar-refractivity contribution in [3.05, 3.63) is 41.0 Å². The number of anilines is 1. The standard InChI is InChI=1S/C18H21N3O2S/c1-11-5-6-13(12(2)7-11)14-9-24-18-16(14)17(20-10-21-18)19-8-15(22-3)23-4/h5-7,9-10,15H,8H2,1-4H3,(H,19,20,21). The lowest BCUT2D eigenvalue weighted by atomic mass is 9.99. The highest BCUT2D eigenvalue weighted by Crippen LogP contribution is 2.38. The predicted octanol–water partition coefficient (Wildman–Crippen LogP) is 4.01. The summed E-state index contributed by atoms with van der Waals surface area (Å²) in [6, 6.07) is 6.49. The molecule has 5 nitrogen and oxygen atoms in total. The summed E-state index contributed by atoms with van der Waals surface area (Å²) in [5, 5.41) is 6.51. The van der Waals surface area contributed by atoms with Crippen molar-refractivity contribution in [1.29, 1.82) is 0 Å². The Morgan fingerprint density at radius 3 is 2.62 bits per heavy atom. The third-order valence-electron chi connectivity index (χ3n) is 4.00. The van der Waals surface area contributed by atoms with E-state index in [-0.39, 0.29) is 6.29 Å². The molecule has 6 heteroatoms. The van der Waals surface area contributed by atoms with Crippen LogP contribution >= 0.6 is 11.3 Å². The molecule has 0 aliphatic carbocycles. The van der Waals surface area contributed by atoms with Crippen molar-refractivity contribution >= 4 is 27.4 Å². The van der Waals surface area contributed by atoms with E-state index in [1.165, 1.54) is 16.7 Å². The Balaban J connectivity index is 2.04. The first-order valence-corrected chi connectivity index (χ1v) is 8.61. The molecule has 0 saturated carbocycles. The molecular formula is C18H21N3O2S. The smallest absolute Gasteiger partial charge is 0.173 e. The highest BCUT2D eigenvalue weighted by Gasteiger charge is 2.15. The number of ether oxygens (including phenoxy) is 2. The van der Waals surface area contributed by atoms with E-state index >= 15 is 0 Å². The monoisotopic (exact) mass is 343 g/mol. The fourth-order valence-corrected chi connectivity index (χ4v) is 3.67. The van der Waals surface area contributed by atoms with Gasteiger partial charge in [-0.25, -0.2) is 9.97 Å². The van der Waals surface area contributed by atoms with E-state index in [0.29, 0.717) is 6.54 Å². The second kappa shape index (κ2) is 7.25. The summed E-state index contributed by atoms with van der Waals surface area (Å²) in [6.07, 6.45) is 1.26. The van der Waals surface area contributed by atoms with Crippen molar-refractivity contribution in [1.82, 2.24) is 9.97 Å². The Labute approximate surface area is 145 Å². The van der Waals surface area contributed by atoms with Crippen LogP contribution in [0.4, 0.5) is 5.82 Å². The van der Waals surface area contributed by atoms with Crippen molar-refractivity contribution in [2.75, 3.05) is 26.1 Å². The fraction of sp³-hybridized carbons (Fsp3) is 0.333. The second-order valence-electron chi connectivity index (χ2n) is 5.65. The summed E-state index contributed by atoms with van der Waals surface area (Å²) in [6.45, 7) is 4.75. The number of aryl methyl sites for hydroxylation is 2. The lowest BCUT2D eigenvalue weighted by Gasteiger charge is -2.15. The number of nitrogens with one attached hydrogen (secondary N) is 1. The Bertz CT molecular complexity index is 843. The summed E-state index contributed by atoms with van der Waals surface area (Å²) in [7, 11) is 3.24. The van der Waals surface area contributed by atoms with E-state index in [9.17, 15) is 0 Å². The molecule has 0 saturated heterocycles. The molecule has 0 amide bonds. The number of methoxy groups -OCH3 is 2. The second-order valence-corrected chi connectivity index (χ2v) is 6.51. The molecule has 0 aliphatic rings. The molecule has 0 fully saturated rings. The van der Waals surface area contributed by atoms with Crippen molar-refractivity contribution in [3.63, 3.8) is 0 Å². The first-order valence-electron chi connectivity index (χ1n) is 7.73. The van der Waals surface area contributed by atoms with Crippen LogP contribution in [-0.4, -0.2) is 37.0 Å². The maximum absolute atomic E-state index is 5.24. The van der Waals surface area contributed by atoms with Gasteiger partial charge in [0.05, 0.1) is 11.9 Å². The summed E-state index contributed by atoms with van der Waals surface area (Å²) >= 11 is 1.63. The molecule has 0 unspecified atom stereocenters. The highest BCUT2D eigenvalue weighted by molar-refractivity contribution is 7.17. The molecule has 0 radical (unpaired) electrons. The molecule has 0 bridgehead atoms. The summed E-state index contributed by atoms with van der Waals surface area (Å²) in [5.74, 6) is 0.801. The molecule has 2 aromatic heterocycles. The Morgan fingerprint density at radius 1 is 1.12 bits per heavy atom. The number of rotatable bonds is 6. The van der Waals surface area contributed by atoms with Gasteiger partial charge >= 0.3 is 0 Å². The average Bonchev–Trinajstić information content (AvgIpc) is 3.00. The van der Waals surface area contributed by atoms with Crippen molar-refractivity contribution in [2.45, 2.75) is 20.1 Å². The molecule has 126 valence electrons. The quantitative estimate of drug-likeness (QED) is 0.686. The third kappa shape index (κ3) is 3.26. The Morgan fingerprint density at radius 2 is 1.92 bits per heavy atom. The van der Waals surface area contributed by atoms with Crippen LogP contribution in [0.5, 0.6) is 0 Å². The van der Waals surface area contributed by atoms with E-state index in [1.807, 2.05) is 0 Å². The predicted molar refractivity (Wildman–Crippen MR) is 98.6 cm³/mol. The van der Waals surface area contributed by atoms with Crippen LogP contribution in [0.15, 0.2) is 29.9 Å². The lowest BCUT2D eigenvalue weighted by molar-refractivity contribution is -0.0914. The van der Waals surface area contributed by atoms with Gasteiger partial charge in [0.25, 0.3) is 0 Å². The van der Waals surface area contributed by atoms with Crippen LogP contribution in [0.1, 0.15) is 11.1 Å². The maximum atomic E-state index is 5.24. The van der Waals surface area contributed by atoms with Gasteiger partial charge in [-0.15, -0.1) is 11.3 Å². The molecule has 0 atom stereocenters. The van der Waals surface area contributed by atoms with E-state index in [1.54, 1.807) is 31.9 Å². The number of thiophene rings is 1. The molecule has 24 heavy (non-hydrogen) atoms. The number of benzene rings is 1. The van der Waals surface area contributed by atoms with Crippen LogP contribution in [-0.2, 0) is 9.47 Å². The van der Waals surface area contributed by atoms with E-state index < -0.39 is 0 Å². The molecule has 3 rings (SSSR count). The number of nitrogens with zero attached hydrogens (tertiary/aromatic N) is 2. The normalized spacial score (nSPS) is 11.4. The number of aromatic nitrogens is 2. The van der Waals surface area contributed by atoms with Gasteiger partial charge in [-0.3, -0.25) is 0 Å². The maximum Gasteiger partial charge on any atom is 0.173 e. The minimum absolute atomic E-state index is 0.321. The van der Waals surface area contributed by atoms with E-state index in [0.717, 1.165) is 21.6 Å². The molecule has 0 spiro atoms. The van der Waals surface area contributed by atoms with Crippen molar-refractivity contribution in [3.8, 4) is 11.1 Å². The van der Waals surface area contributed by atoms with Crippen LogP contribution < -0.4 is 5.32 Å². The summed E-state index contributed by atoms with van der Waals surface area (Å²) in [5.41, 5.74) is 4.87. The van der Waals surface area contributed by atoms with Gasteiger partial charge in [0.15, 0.2) is 6.29 Å². The first-order chi connectivity index (χ1) is 11.6.